The van der Waals surface area contributed by atoms with Crippen molar-refractivity contribution < 1.29 is 18.7 Å². The number of carbonyl (C=O) groups excluding carboxylic acids is 2. The Morgan fingerprint density at radius 3 is 2.59 bits per heavy atom. The van der Waals surface area contributed by atoms with Gasteiger partial charge in [0.15, 0.2) is 0 Å². The fraction of sp³-hybridized carbons (Fsp3) is 0.333. The molecule has 1 aromatic carbocycles. The zero-order chi connectivity index (χ0) is 22.3. The van der Waals surface area contributed by atoms with Gasteiger partial charge in [-0.1, -0.05) is 18.2 Å². The molecular formula is C24H24N4O4. The van der Waals surface area contributed by atoms with Crippen molar-refractivity contribution in [2.45, 2.75) is 44.8 Å². The van der Waals surface area contributed by atoms with Crippen LogP contribution < -0.4 is 15.8 Å². The molecule has 1 spiro atoms. The van der Waals surface area contributed by atoms with Crippen LogP contribution in [0.5, 0.6) is 5.88 Å². The molecule has 2 amide bonds. The molecular weight excluding hydrogens is 408 g/mol. The molecule has 8 nitrogen and oxygen atoms in total. The number of nitrogens with two attached hydrogens (primary N) is 1. The van der Waals surface area contributed by atoms with Crippen LogP contribution >= 0.6 is 0 Å². The van der Waals surface area contributed by atoms with Gasteiger partial charge in [-0.3, -0.25) is 9.59 Å². The molecule has 2 aliphatic rings. The highest BCUT2D eigenvalue weighted by molar-refractivity contribution is 5.95. The standard InChI is InChI=1S/C24H24N4O4/c1-14-19(32-22(27-14)15-6-3-2-4-7-15)21(30)28-16-10-24(11-16)12-17(13-24)31-23-18(20(25)29)8-5-9-26-23/h2-9,16-17H,10-13H2,1H3,(H2,25,29)(H,28,30). The Balaban J connectivity index is 1.14. The van der Waals surface area contributed by atoms with Crippen molar-refractivity contribution in [3.8, 4) is 17.3 Å². The molecule has 0 aliphatic heterocycles. The minimum absolute atomic E-state index is 0.00426. The van der Waals surface area contributed by atoms with E-state index in [0.29, 0.717) is 23.0 Å². The fourth-order valence-electron chi connectivity index (χ4n) is 4.80. The Bertz CT molecular complexity index is 1160. The minimum atomic E-state index is -0.549. The number of nitrogens with zero attached hydrogens (tertiary/aromatic N) is 2. The van der Waals surface area contributed by atoms with Crippen LogP contribution in [0.2, 0.25) is 0 Å². The maximum absolute atomic E-state index is 12.7. The molecule has 5 rings (SSSR count). The number of oxazole rings is 1. The molecule has 2 saturated carbocycles. The number of aryl methyl sites for hydroxylation is 1. The minimum Gasteiger partial charge on any atom is -0.474 e. The van der Waals surface area contributed by atoms with E-state index in [1.807, 2.05) is 30.3 Å². The smallest absolute Gasteiger partial charge is 0.289 e. The molecule has 2 aliphatic carbocycles. The fourth-order valence-corrected chi connectivity index (χ4v) is 4.80. The zero-order valence-corrected chi connectivity index (χ0v) is 17.7. The summed E-state index contributed by atoms with van der Waals surface area (Å²) in [5.41, 5.74) is 7.27. The Hall–Kier alpha value is -3.68. The molecule has 8 heteroatoms. The summed E-state index contributed by atoms with van der Waals surface area (Å²) < 4.78 is 11.6. The molecule has 3 N–H and O–H groups in total. The summed E-state index contributed by atoms with van der Waals surface area (Å²) in [5, 5.41) is 3.06. The molecule has 0 saturated heterocycles. The molecule has 2 aromatic heterocycles. The van der Waals surface area contributed by atoms with Crippen molar-refractivity contribution in [1.29, 1.82) is 0 Å². The molecule has 2 fully saturated rings. The number of pyridine rings is 1. The van der Waals surface area contributed by atoms with Gasteiger partial charge in [0.05, 0.1) is 5.69 Å². The van der Waals surface area contributed by atoms with Crippen LogP contribution in [0.3, 0.4) is 0 Å². The van der Waals surface area contributed by atoms with E-state index in [1.54, 1.807) is 25.3 Å². The van der Waals surface area contributed by atoms with E-state index >= 15 is 0 Å². The lowest BCUT2D eigenvalue weighted by atomic mass is 9.53. The van der Waals surface area contributed by atoms with Crippen molar-refractivity contribution in [3.63, 3.8) is 0 Å². The monoisotopic (exact) mass is 432 g/mol. The number of rotatable bonds is 6. The van der Waals surface area contributed by atoms with E-state index in [-0.39, 0.29) is 29.2 Å². The normalized spacial score (nSPS) is 23.8. The highest BCUT2D eigenvalue weighted by Gasteiger charge is 2.54. The van der Waals surface area contributed by atoms with Crippen molar-refractivity contribution in [1.82, 2.24) is 15.3 Å². The van der Waals surface area contributed by atoms with Crippen molar-refractivity contribution in [2.24, 2.45) is 11.1 Å². The number of hydrogen-bond acceptors (Lipinski definition) is 6. The van der Waals surface area contributed by atoms with Crippen molar-refractivity contribution in [3.05, 3.63) is 65.7 Å². The average molecular weight is 432 g/mol. The average Bonchev–Trinajstić information content (AvgIpc) is 3.13. The van der Waals surface area contributed by atoms with Gasteiger partial charge in [0.2, 0.25) is 17.5 Å². The first kappa shape index (κ1) is 20.2. The van der Waals surface area contributed by atoms with Gasteiger partial charge in [-0.15, -0.1) is 0 Å². The Morgan fingerprint density at radius 1 is 1.12 bits per heavy atom. The summed E-state index contributed by atoms with van der Waals surface area (Å²) in [4.78, 5) is 32.8. The largest absolute Gasteiger partial charge is 0.474 e. The van der Waals surface area contributed by atoms with Gasteiger partial charge in [0.1, 0.15) is 11.7 Å². The van der Waals surface area contributed by atoms with Crippen LogP contribution in [-0.2, 0) is 0 Å². The van der Waals surface area contributed by atoms with Crippen molar-refractivity contribution >= 4 is 11.8 Å². The maximum Gasteiger partial charge on any atom is 0.289 e. The molecule has 164 valence electrons. The van der Waals surface area contributed by atoms with E-state index in [2.05, 4.69) is 15.3 Å². The summed E-state index contributed by atoms with van der Waals surface area (Å²) in [6.07, 6.45) is 5.11. The maximum atomic E-state index is 12.7. The number of hydrogen-bond donors (Lipinski definition) is 2. The second-order valence-corrected chi connectivity index (χ2v) is 8.75. The Labute approximate surface area is 185 Å². The van der Waals surface area contributed by atoms with Gasteiger partial charge in [-0.05, 0) is 62.3 Å². The molecule has 0 atom stereocenters. The van der Waals surface area contributed by atoms with Gasteiger partial charge in [-0.25, -0.2) is 9.97 Å². The van der Waals surface area contributed by atoms with E-state index in [1.165, 1.54) is 0 Å². The number of amides is 2. The van der Waals surface area contributed by atoms with Crippen LogP contribution in [0.15, 0.2) is 53.1 Å². The van der Waals surface area contributed by atoms with Gasteiger partial charge >= 0.3 is 0 Å². The van der Waals surface area contributed by atoms with E-state index in [4.69, 9.17) is 14.9 Å². The van der Waals surface area contributed by atoms with Crippen LogP contribution in [0.1, 0.15) is 52.3 Å². The summed E-state index contributed by atoms with van der Waals surface area (Å²) >= 11 is 0. The molecule has 0 bridgehead atoms. The van der Waals surface area contributed by atoms with Gasteiger partial charge in [0.25, 0.3) is 11.8 Å². The molecule has 3 aromatic rings. The first-order valence-electron chi connectivity index (χ1n) is 10.7. The summed E-state index contributed by atoms with van der Waals surface area (Å²) in [6, 6.07) is 12.9. The first-order valence-corrected chi connectivity index (χ1v) is 10.7. The number of carbonyl (C=O) groups is 2. The summed E-state index contributed by atoms with van der Waals surface area (Å²) in [6.45, 7) is 1.78. The number of nitrogens with one attached hydrogen (secondary N) is 1. The second-order valence-electron chi connectivity index (χ2n) is 8.75. The predicted molar refractivity (Wildman–Crippen MR) is 116 cm³/mol. The van der Waals surface area contributed by atoms with E-state index in [0.717, 1.165) is 31.2 Å². The van der Waals surface area contributed by atoms with Crippen LogP contribution in [0.25, 0.3) is 11.5 Å². The Morgan fingerprint density at radius 2 is 1.88 bits per heavy atom. The number of ether oxygens (including phenoxy) is 1. The third-order valence-corrected chi connectivity index (χ3v) is 6.35. The van der Waals surface area contributed by atoms with Crippen molar-refractivity contribution in [2.75, 3.05) is 0 Å². The first-order chi connectivity index (χ1) is 15.4. The topological polar surface area (TPSA) is 120 Å². The zero-order valence-electron chi connectivity index (χ0n) is 17.7. The van der Waals surface area contributed by atoms with Gasteiger partial charge in [0, 0.05) is 17.8 Å². The third-order valence-electron chi connectivity index (χ3n) is 6.35. The van der Waals surface area contributed by atoms with Crippen LogP contribution in [-0.4, -0.2) is 33.9 Å². The lowest BCUT2D eigenvalue weighted by Gasteiger charge is -2.57. The van der Waals surface area contributed by atoms with Crippen LogP contribution in [0.4, 0.5) is 0 Å². The van der Waals surface area contributed by atoms with E-state index in [9.17, 15) is 9.59 Å². The molecule has 0 unspecified atom stereocenters. The highest BCUT2D eigenvalue weighted by atomic mass is 16.5. The predicted octanol–water partition coefficient (Wildman–Crippen LogP) is 3.26. The second kappa shape index (κ2) is 7.78. The molecule has 0 radical (unpaired) electrons. The lowest BCUT2D eigenvalue weighted by Crippen LogP contribution is -2.58. The summed E-state index contributed by atoms with van der Waals surface area (Å²) in [7, 11) is 0. The van der Waals surface area contributed by atoms with E-state index < -0.39 is 5.91 Å². The molecule has 2 heterocycles. The number of benzene rings is 1. The SMILES string of the molecule is Cc1nc(-c2ccccc2)oc1C(=O)NC1CC2(C1)CC(Oc1ncccc1C(N)=O)C2. The Kier molecular flexibility index (Phi) is 4.92. The third kappa shape index (κ3) is 3.72. The molecule has 32 heavy (non-hydrogen) atoms. The lowest BCUT2D eigenvalue weighted by molar-refractivity contribution is -0.0849. The van der Waals surface area contributed by atoms with Gasteiger partial charge < -0.3 is 20.2 Å². The quantitative estimate of drug-likeness (QED) is 0.617. The van der Waals surface area contributed by atoms with Gasteiger partial charge in [-0.2, -0.15) is 0 Å². The summed E-state index contributed by atoms with van der Waals surface area (Å²) in [5.74, 6) is 0.213. The van der Waals surface area contributed by atoms with Crippen LogP contribution in [0, 0.1) is 12.3 Å². The number of primary amides is 1. The highest BCUT2D eigenvalue weighted by Crippen LogP contribution is 2.56. The number of aromatic nitrogens is 2.